The Balaban J connectivity index is 1.86. The largest absolute Gasteiger partial charge is 0.494 e. The summed E-state index contributed by atoms with van der Waals surface area (Å²) in [5, 5.41) is 0. The van der Waals surface area contributed by atoms with E-state index in [-0.39, 0.29) is 11.6 Å². The molecule has 0 saturated carbocycles. The van der Waals surface area contributed by atoms with Gasteiger partial charge in [0.25, 0.3) is 0 Å². The van der Waals surface area contributed by atoms with Crippen LogP contribution in [0.5, 0.6) is 5.75 Å². The van der Waals surface area contributed by atoms with Crippen LogP contribution in [0.3, 0.4) is 0 Å². The van der Waals surface area contributed by atoms with Crippen molar-refractivity contribution < 1.29 is 13.7 Å². The topological polar surface area (TPSA) is 13.1 Å². The van der Waals surface area contributed by atoms with Gasteiger partial charge in [-0.25, -0.2) is 8.96 Å². The molecule has 0 N–H and O–H groups in total. The highest BCUT2D eigenvalue weighted by molar-refractivity contribution is 5.61. The van der Waals surface area contributed by atoms with Crippen LogP contribution in [0.4, 0.5) is 4.39 Å². The van der Waals surface area contributed by atoms with E-state index in [0.29, 0.717) is 6.54 Å². The van der Waals surface area contributed by atoms with Crippen LogP contribution in [-0.4, -0.2) is 7.11 Å². The SMILES string of the molecule is COc1ccc(C[n+]2cccc(-c3ccccc3)c2)cc1F. The van der Waals surface area contributed by atoms with Crippen LogP contribution < -0.4 is 9.30 Å². The molecule has 0 radical (unpaired) electrons. The molecule has 0 amide bonds. The van der Waals surface area contributed by atoms with Gasteiger partial charge < -0.3 is 4.74 Å². The van der Waals surface area contributed by atoms with Gasteiger partial charge in [-0.3, -0.25) is 0 Å². The van der Waals surface area contributed by atoms with Gasteiger partial charge in [-0.2, -0.15) is 0 Å². The molecule has 1 aromatic heterocycles. The summed E-state index contributed by atoms with van der Waals surface area (Å²) in [6.45, 7) is 0.613. The molecule has 3 rings (SSSR count). The fourth-order valence-corrected chi connectivity index (χ4v) is 2.44. The lowest BCUT2D eigenvalue weighted by Gasteiger charge is -2.04. The van der Waals surface area contributed by atoms with Crippen LogP contribution in [0.2, 0.25) is 0 Å². The Morgan fingerprint density at radius 3 is 2.45 bits per heavy atom. The van der Waals surface area contributed by atoms with Gasteiger partial charge in [0.1, 0.15) is 0 Å². The second-order valence-corrected chi connectivity index (χ2v) is 5.10. The molecule has 22 heavy (non-hydrogen) atoms. The first-order valence-electron chi connectivity index (χ1n) is 7.13. The van der Waals surface area contributed by atoms with Crippen molar-refractivity contribution in [3.05, 3.63) is 84.4 Å². The van der Waals surface area contributed by atoms with Crippen LogP contribution in [0.1, 0.15) is 5.56 Å². The van der Waals surface area contributed by atoms with Crippen molar-refractivity contribution in [1.82, 2.24) is 0 Å². The minimum Gasteiger partial charge on any atom is -0.494 e. The quantitative estimate of drug-likeness (QED) is 0.666. The molecule has 0 saturated heterocycles. The Morgan fingerprint density at radius 1 is 0.955 bits per heavy atom. The van der Waals surface area contributed by atoms with Crippen molar-refractivity contribution in [3.8, 4) is 16.9 Å². The maximum Gasteiger partial charge on any atom is 0.176 e. The Morgan fingerprint density at radius 2 is 1.73 bits per heavy atom. The van der Waals surface area contributed by atoms with E-state index in [1.54, 1.807) is 6.07 Å². The third-order valence-corrected chi connectivity index (χ3v) is 3.55. The zero-order chi connectivity index (χ0) is 15.4. The van der Waals surface area contributed by atoms with Crippen molar-refractivity contribution in [2.75, 3.05) is 7.11 Å². The van der Waals surface area contributed by atoms with Crippen LogP contribution >= 0.6 is 0 Å². The number of ether oxygens (including phenoxy) is 1. The third-order valence-electron chi connectivity index (χ3n) is 3.55. The number of rotatable bonds is 4. The highest BCUT2D eigenvalue weighted by atomic mass is 19.1. The Hall–Kier alpha value is -2.68. The number of pyridine rings is 1. The van der Waals surface area contributed by atoms with Crippen LogP contribution in [0.15, 0.2) is 73.1 Å². The number of benzene rings is 2. The molecule has 3 aromatic rings. The van der Waals surface area contributed by atoms with Gasteiger partial charge >= 0.3 is 0 Å². The van der Waals surface area contributed by atoms with Crippen molar-refractivity contribution >= 4 is 0 Å². The first-order valence-corrected chi connectivity index (χ1v) is 7.13. The summed E-state index contributed by atoms with van der Waals surface area (Å²) in [6, 6.07) is 19.3. The van der Waals surface area contributed by atoms with E-state index < -0.39 is 0 Å². The van der Waals surface area contributed by atoms with Gasteiger partial charge in [-0.05, 0) is 29.8 Å². The monoisotopic (exact) mass is 294 g/mol. The van der Waals surface area contributed by atoms with Crippen molar-refractivity contribution in [1.29, 1.82) is 0 Å². The molecule has 3 heteroatoms. The van der Waals surface area contributed by atoms with Gasteiger partial charge in [-0.15, -0.1) is 0 Å². The number of hydrogen-bond acceptors (Lipinski definition) is 1. The van der Waals surface area contributed by atoms with Gasteiger partial charge in [0, 0.05) is 17.2 Å². The average molecular weight is 294 g/mol. The summed E-state index contributed by atoms with van der Waals surface area (Å²) >= 11 is 0. The lowest BCUT2D eigenvalue weighted by atomic mass is 10.1. The summed E-state index contributed by atoms with van der Waals surface area (Å²) in [5.41, 5.74) is 3.20. The summed E-state index contributed by atoms with van der Waals surface area (Å²) in [5.74, 6) is -0.0633. The standard InChI is InChI=1S/C19H17FNO/c1-22-19-10-9-15(12-18(19)20)13-21-11-5-8-17(14-21)16-6-3-2-4-7-16/h2-12,14H,13H2,1H3/q+1. The number of aromatic nitrogens is 1. The van der Waals surface area contributed by atoms with Crippen LogP contribution in [0, 0.1) is 5.82 Å². The minimum atomic E-state index is -0.334. The lowest BCUT2D eigenvalue weighted by Crippen LogP contribution is -2.33. The maximum absolute atomic E-state index is 13.8. The predicted octanol–water partition coefficient (Wildman–Crippen LogP) is 3.84. The van der Waals surface area contributed by atoms with E-state index in [9.17, 15) is 4.39 Å². The fourth-order valence-electron chi connectivity index (χ4n) is 2.44. The number of hydrogen-bond donors (Lipinski definition) is 0. The Labute approximate surface area is 129 Å². The van der Waals surface area contributed by atoms with Gasteiger partial charge in [0.05, 0.1) is 7.11 Å². The highest BCUT2D eigenvalue weighted by Gasteiger charge is 2.09. The predicted molar refractivity (Wildman–Crippen MR) is 84.1 cm³/mol. The van der Waals surface area contributed by atoms with Crippen LogP contribution in [-0.2, 0) is 6.54 Å². The molecular weight excluding hydrogens is 277 g/mol. The first kappa shape index (κ1) is 14.3. The molecule has 0 bridgehead atoms. The van der Waals surface area contributed by atoms with Gasteiger partial charge in [0.2, 0.25) is 0 Å². The molecule has 110 valence electrons. The Bertz CT molecular complexity index is 771. The first-order chi connectivity index (χ1) is 10.8. The lowest BCUT2D eigenvalue weighted by molar-refractivity contribution is -0.687. The molecule has 0 fully saturated rings. The molecule has 0 atom stereocenters. The molecule has 1 heterocycles. The number of nitrogens with zero attached hydrogens (tertiary/aromatic N) is 1. The van der Waals surface area contributed by atoms with Gasteiger partial charge in [-0.1, -0.05) is 30.3 Å². The van der Waals surface area contributed by atoms with E-state index in [1.807, 2.05) is 41.1 Å². The highest BCUT2D eigenvalue weighted by Crippen LogP contribution is 2.18. The van der Waals surface area contributed by atoms with Crippen molar-refractivity contribution in [2.24, 2.45) is 0 Å². The average Bonchev–Trinajstić information content (AvgIpc) is 2.56. The van der Waals surface area contributed by atoms with Crippen molar-refractivity contribution in [3.63, 3.8) is 0 Å². The van der Waals surface area contributed by atoms with Crippen LogP contribution in [0.25, 0.3) is 11.1 Å². The van der Waals surface area contributed by atoms with E-state index in [0.717, 1.165) is 16.7 Å². The molecule has 0 aliphatic rings. The summed E-state index contributed by atoms with van der Waals surface area (Å²) < 4.78 is 20.8. The Kier molecular flexibility index (Phi) is 4.15. The van der Waals surface area contributed by atoms with E-state index in [2.05, 4.69) is 24.4 Å². The van der Waals surface area contributed by atoms with Gasteiger partial charge in [0.15, 0.2) is 30.5 Å². The van der Waals surface area contributed by atoms with E-state index >= 15 is 0 Å². The molecule has 2 aromatic carbocycles. The van der Waals surface area contributed by atoms with E-state index in [1.165, 1.54) is 13.2 Å². The molecule has 0 aliphatic carbocycles. The minimum absolute atomic E-state index is 0.270. The van der Waals surface area contributed by atoms with Crippen molar-refractivity contribution in [2.45, 2.75) is 6.54 Å². The smallest absolute Gasteiger partial charge is 0.176 e. The molecule has 0 spiro atoms. The van der Waals surface area contributed by atoms with E-state index in [4.69, 9.17) is 4.74 Å². The summed E-state index contributed by atoms with van der Waals surface area (Å²) in [4.78, 5) is 0. The zero-order valence-corrected chi connectivity index (χ0v) is 12.4. The molecule has 0 unspecified atom stereocenters. The number of halogens is 1. The third kappa shape index (κ3) is 3.14. The molecular formula is C19H17FNO+. The second kappa shape index (κ2) is 6.39. The second-order valence-electron chi connectivity index (χ2n) is 5.10. The summed E-state index contributed by atoms with van der Waals surface area (Å²) in [6.07, 6.45) is 4.05. The normalized spacial score (nSPS) is 10.5. The zero-order valence-electron chi connectivity index (χ0n) is 12.4. The molecule has 0 aliphatic heterocycles. The molecule has 2 nitrogen and oxygen atoms in total. The maximum atomic E-state index is 13.8. The fraction of sp³-hybridized carbons (Fsp3) is 0.105. The number of methoxy groups -OCH3 is 1. The summed E-state index contributed by atoms with van der Waals surface area (Å²) in [7, 11) is 1.47.